The number of aromatic nitrogens is 2. The monoisotopic (exact) mass is 374 g/mol. The van der Waals surface area contributed by atoms with E-state index in [-0.39, 0.29) is 17.4 Å². The Kier molecular flexibility index (Phi) is 5.58. The highest BCUT2D eigenvalue weighted by molar-refractivity contribution is 7.13. The number of nitrogens with zero attached hydrogens (tertiary/aromatic N) is 3. The molecule has 2 aromatic heterocycles. The van der Waals surface area contributed by atoms with Gasteiger partial charge in [0.15, 0.2) is 0 Å². The third-order valence-corrected chi connectivity index (χ3v) is 5.74. The molecule has 0 radical (unpaired) electrons. The quantitative estimate of drug-likeness (QED) is 0.886. The van der Waals surface area contributed by atoms with Crippen LogP contribution in [0.4, 0.5) is 5.69 Å². The average Bonchev–Trinajstić information content (AvgIpc) is 3.09. The summed E-state index contributed by atoms with van der Waals surface area (Å²) in [6.07, 6.45) is 5.50. The van der Waals surface area contributed by atoms with Crippen molar-refractivity contribution in [3.8, 4) is 5.88 Å². The fourth-order valence-electron chi connectivity index (χ4n) is 2.72. The molecule has 0 aromatic carbocycles. The van der Waals surface area contributed by atoms with Gasteiger partial charge in [-0.3, -0.25) is 4.79 Å². The third-order valence-electron chi connectivity index (χ3n) is 4.32. The van der Waals surface area contributed by atoms with Gasteiger partial charge in [-0.1, -0.05) is 20.8 Å². The van der Waals surface area contributed by atoms with Gasteiger partial charge in [-0.15, -0.1) is 11.3 Å². The molecule has 6 nitrogen and oxygen atoms in total. The molecule has 1 N–H and O–H groups in total. The van der Waals surface area contributed by atoms with E-state index in [0.717, 1.165) is 30.9 Å². The number of hydrogen-bond acceptors (Lipinski definition) is 6. The molecule has 1 fully saturated rings. The summed E-state index contributed by atoms with van der Waals surface area (Å²) >= 11 is 1.42. The molecular weight excluding hydrogens is 348 g/mol. The number of piperidine rings is 1. The van der Waals surface area contributed by atoms with E-state index in [9.17, 15) is 4.79 Å². The molecule has 1 amide bonds. The maximum absolute atomic E-state index is 12.4. The van der Waals surface area contributed by atoms with Gasteiger partial charge in [0.1, 0.15) is 11.0 Å². The van der Waals surface area contributed by atoms with Crippen molar-refractivity contribution in [1.82, 2.24) is 14.9 Å². The van der Waals surface area contributed by atoms with E-state index in [1.54, 1.807) is 18.5 Å². The van der Waals surface area contributed by atoms with Crippen LogP contribution in [-0.2, 0) is 5.41 Å². The topological polar surface area (TPSA) is 67.3 Å². The van der Waals surface area contributed by atoms with E-state index in [0.29, 0.717) is 16.4 Å². The number of nitrogens with one attached hydrogen (secondary N) is 1. The van der Waals surface area contributed by atoms with Crippen LogP contribution in [0.15, 0.2) is 24.5 Å². The highest BCUT2D eigenvalue weighted by Crippen LogP contribution is 2.27. The van der Waals surface area contributed by atoms with Crippen LogP contribution in [0.25, 0.3) is 0 Å². The zero-order valence-electron chi connectivity index (χ0n) is 15.8. The molecule has 7 heteroatoms. The SMILES string of the molecule is CN1CCC(Oc2ccc(NC(=O)c3cnc(C(C)(C)C)s3)cn2)CC1. The minimum Gasteiger partial charge on any atom is -0.474 e. The second kappa shape index (κ2) is 7.72. The minimum atomic E-state index is -0.163. The summed E-state index contributed by atoms with van der Waals surface area (Å²) in [6.45, 7) is 8.34. The van der Waals surface area contributed by atoms with E-state index in [2.05, 4.69) is 48.0 Å². The second-order valence-electron chi connectivity index (χ2n) is 7.74. The summed E-state index contributed by atoms with van der Waals surface area (Å²) < 4.78 is 5.93. The number of likely N-dealkylation sites (tertiary alicyclic amines) is 1. The van der Waals surface area contributed by atoms with Crippen molar-refractivity contribution in [3.05, 3.63) is 34.4 Å². The zero-order valence-corrected chi connectivity index (χ0v) is 16.6. The Morgan fingerprint density at radius 1 is 1.23 bits per heavy atom. The molecule has 3 rings (SSSR count). The van der Waals surface area contributed by atoms with E-state index >= 15 is 0 Å². The number of rotatable bonds is 4. The molecule has 1 saturated heterocycles. The fourth-order valence-corrected chi connectivity index (χ4v) is 3.59. The van der Waals surface area contributed by atoms with Crippen molar-refractivity contribution in [2.45, 2.75) is 45.1 Å². The van der Waals surface area contributed by atoms with Gasteiger partial charge in [-0.05, 0) is 26.0 Å². The smallest absolute Gasteiger partial charge is 0.267 e. The fraction of sp³-hybridized carbons (Fsp3) is 0.526. The van der Waals surface area contributed by atoms with Gasteiger partial charge >= 0.3 is 0 Å². The van der Waals surface area contributed by atoms with Crippen molar-refractivity contribution in [2.75, 3.05) is 25.5 Å². The van der Waals surface area contributed by atoms with Crippen LogP contribution in [-0.4, -0.2) is 47.0 Å². The average molecular weight is 375 g/mol. The first-order chi connectivity index (χ1) is 12.3. The Balaban J connectivity index is 1.57. The maximum atomic E-state index is 12.4. The lowest BCUT2D eigenvalue weighted by Crippen LogP contribution is -2.35. The Hall–Kier alpha value is -1.99. The van der Waals surface area contributed by atoms with Crippen molar-refractivity contribution < 1.29 is 9.53 Å². The van der Waals surface area contributed by atoms with Crippen LogP contribution >= 0.6 is 11.3 Å². The van der Waals surface area contributed by atoms with Crippen LogP contribution in [0, 0.1) is 0 Å². The first-order valence-electron chi connectivity index (χ1n) is 8.90. The first kappa shape index (κ1) is 18.8. The van der Waals surface area contributed by atoms with Gasteiger partial charge in [-0.25, -0.2) is 9.97 Å². The summed E-state index contributed by atoms with van der Waals surface area (Å²) in [6, 6.07) is 3.63. The number of hydrogen-bond donors (Lipinski definition) is 1. The van der Waals surface area contributed by atoms with Gasteiger partial charge in [-0.2, -0.15) is 0 Å². The largest absolute Gasteiger partial charge is 0.474 e. The number of thiazole rings is 1. The van der Waals surface area contributed by atoms with E-state index in [4.69, 9.17) is 4.74 Å². The molecular formula is C19H26N4O2S. The number of amides is 1. The molecule has 26 heavy (non-hydrogen) atoms. The number of pyridine rings is 1. The Morgan fingerprint density at radius 2 is 1.96 bits per heavy atom. The molecule has 3 heterocycles. The van der Waals surface area contributed by atoms with E-state index in [1.165, 1.54) is 11.3 Å². The second-order valence-corrected chi connectivity index (χ2v) is 8.77. The molecule has 0 aliphatic carbocycles. The minimum absolute atomic E-state index is 0.0579. The lowest BCUT2D eigenvalue weighted by Gasteiger charge is -2.28. The standard InChI is InChI=1S/C19H26N4O2S/c1-19(2,3)18-21-12-15(26-18)17(24)22-13-5-6-16(20-11-13)25-14-7-9-23(4)10-8-14/h5-6,11-12,14H,7-10H2,1-4H3,(H,22,24). The molecule has 140 valence electrons. The van der Waals surface area contributed by atoms with Crippen LogP contribution < -0.4 is 10.1 Å². The number of carbonyl (C=O) groups is 1. The lowest BCUT2D eigenvalue weighted by atomic mass is 9.98. The highest BCUT2D eigenvalue weighted by atomic mass is 32.1. The van der Waals surface area contributed by atoms with Crippen molar-refractivity contribution in [3.63, 3.8) is 0 Å². The van der Waals surface area contributed by atoms with Gasteiger partial charge in [0.25, 0.3) is 5.91 Å². The first-order valence-corrected chi connectivity index (χ1v) is 9.72. The van der Waals surface area contributed by atoms with Crippen molar-refractivity contribution in [1.29, 1.82) is 0 Å². The van der Waals surface area contributed by atoms with Gasteiger partial charge in [0.2, 0.25) is 5.88 Å². The summed E-state index contributed by atoms with van der Waals surface area (Å²) in [5.41, 5.74) is 0.592. The highest BCUT2D eigenvalue weighted by Gasteiger charge is 2.21. The van der Waals surface area contributed by atoms with Crippen molar-refractivity contribution in [2.24, 2.45) is 0 Å². The normalized spacial score (nSPS) is 16.5. The predicted octanol–water partition coefficient (Wildman–Crippen LogP) is 3.56. The molecule has 0 saturated carbocycles. The third kappa shape index (κ3) is 4.80. The van der Waals surface area contributed by atoms with Gasteiger partial charge < -0.3 is 15.0 Å². The van der Waals surface area contributed by atoms with Crippen LogP contribution in [0.5, 0.6) is 5.88 Å². The van der Waals surface area contributed by atoms with Gasteiger partial charge in [0, 0.05) is 24.6 Å². The molecule has 0 unspecified atom stereocenters. The molecule has 1 aliphatic rings. The zero-order chi connectivity index (χ0) is 18.7. The summed E-state index contributed by atoms with van der Waals surface area (Å²) in [5, 5.41) is 3.81. The van der Waals surface area contributed by atoms with Crippen LogP contribution in [0.2, 0.25) is 0 Å². The van der Waals surface area contributed by atoms with Gasteiger partial charge in [0.05, 0.1) is 23.1 Å². The Bertz CT molecular complexity index is 744. The summed E-state index contributed by atoms with van der Waals surface area (Å²) in [7, 11) is 2.12. The van der Waals surface area contributed by atoms with E-state index in [1.807, 2.05) is 6.07 Å². The number of ether oxygens (including phenoxy) is 1. The van der Waals surface area contributed by atoms with Crippen molar-refractivity contribution >= 4 is 22.9 Å². The van der Waals surface area contributed by atoms with E-state index < -0.39 is 0 Å². The molecule has 2 aromatic rings. The number of carbonyl (C=O) groups excluding carboxylic acids is 1. The Morgan fingerprint density at radius 3 is 2.54 bits per heavy atom. The molecule has 1 aliphatic heterocycles. The predicted molar refractivity (Wildman–Crippen MR) is 104 cm³/mol. The lowest BCUT2D eigenvalue weighted by molar-refractivity contribution is 0.102. The summed E-state index contributed by atoms with van der Waals surface area (Å²) in [5.74, 6) is 0.439. The molecule has 0 spiro atoms. The molecule has 0 bridgehead atoms. The molecule has 0 atom stereocenters. The summed E-state index contributed by atoms with van der Waals surface area (Å²) in [4.78, 5) is 24.0. The van der Waals surface area contributed by atoms with Crippen LogP contribution in [0.1, 0.15) is 48.3 Å². The number of anilines is 1. The Labute approximate surface area is 158 Å². The maximum Gasteiger partial charge on any atom is 0.267 e. The van der Waals surface area contributed by atoms with Crippen LogP contribution in [0.3, 0.4) is 0 Å².